The maximum Gasteiger partial charge on any atom is 0.411 e. The summed E-state index contributed by atoms with van der Waals surface area (Å²) < 4.78 is 37.4. The van der Waals surface area contributed by atoms with Gasteiger partial charge in [-0.2, -0.15) is 0 Å². The second-order valence-corrected chi connectivity index (χ2v) is 6.54. The van der Waals surface area contributed by atoms with Gasteiger partial charge in [0, 0.05) is 12.5 Å². The van der Waals surface area contributed by atoms with Crippen LogP contribution in [0.1, 0.15) is 27.2 Å². The van der Waals surface area contributed by atoms with Gasteiger partial charge < -0.3 is 14.6 Å². The van der Waals surface area contributed by atoms with Gasteiger partial charge in [0.2, 0.25) is 0 Å². The second kappa shape index (κ2) is 6.62. The Morgan fingerprint density at radius 2 is 1.96 bits per heavy atom. The van der Waals surface area contributed by atoms with Gasteiger partial charge in [0.1, 0.15) is 23.6 Å². The lowest BCUT2D eigenvalue weighted by Gasteiger charge is -2.26. The molecule has 1 N–H and O–H groups in total. The van der Waals surface area contributed by atoms with E-state index in [0.29, 0.717) is 0 Å². The maximum atomic E-state index is 13.6. The first kappa shape index (κ1) is 18.0. The van der Waals surface area contributed by atoms with E-state index < -0.39 is 41.4 Å². The average Bonchev–Trinajstić information content (AvgIpc) is 2.85. The van der Waals surface area contributed by atoms with E-state index >= 15 is 0 Å². The van der Waals surface area contributed by atoms with E-state index in [9.17, 15) is 23.5 Å². The first-order chi connectivity index (χ1) is 11.1. The van der Waals surface area contributed by atoms with Crippen LogP contribution < -0.4 is 4.74 Å². The summed E-state index contributed by atoms with van der Waals surface area (Å²) in [6.07, 6.45) is -1.62. The number of aliphatic carboxylic acids is 1. The zero-order valence-corrected chi connectivity index (χ0v) is 13.6. The van der Waals surface area contributed by atoms with Crippen LogP contribution in [0.3, 0.4) is 0 Å². The molecule has 1 aliphatic heterocycles. The van der Waals surface area contributed by atoms with Crippen LogP contribution in [0.2, 0.25) is 0 Å². The quantitative estimate of drug-likeness (QED) is 0.913. The van der Waals surface area contributed by atoms with E-state index in [2.05, 4.69) is 0 Å². The number of hydrogen-bond acceptors (Lipinski definition) is 4. The molecular weight excluding hydrogens is 324 g/mol. The zero-order chi connectivity index (χ0) is 18.1. The van der Waals surface area contributed by atoms with Gasteiger partial charge in [-0.3, -0.25) is 4.90 Å². The number of halogens is 2. The Hall–Kier alpha value is -2.38. The molecule has 0 bridgehead atoms. The van der Waals surface area contributed by atoms with Crippen molar-refractivity contribution >= 4 is 12.1 Å². The summed E-state index contributed by atoms with van der Waals surface area (Å²) >= 11 is 0. The topological polar surface area (TPSA) is 76.1 Å². The number of hydrogen-bond donors (Lipinski definition) is 1. The van der Waals surface area contributed by atoms with Gasteiger partial charge in [0.05, 0.1) is 6.54 Å². The lowest BCUT2D eigenvalue weighted by Crippen LogP contribution is -2.43. The molecule has 1 aliphatic rings. The number of carboxylic acid groups (broad SMARTS) is 1. The van der Waals surface area contributed by atoms with Gasteiger partial charge in [-0.15, -0.1) is 0 Å². The summed E-state index contributed by atoms with van der Waals surface area (Å²) in [6.45, 7) is 4.88. The minimum absolute atomic E-state index is 0.0511. The van der Waals surface area contributed by atoms with Crippen LogP contribution in [0.15, 0.2) is 18.2 Å². The Bertz CT molecular complexity index is 644. The molecule has 1 aromatic rings. The number of amides is 1. The smallest absolute Gasteiger partial charge is 0.411 e. The fourth-order valence-corrected chi connectivity index (χ4v) is 2.39. The van der Waals surface area contributed by atoms with Crippen molar-refractivity contribution in [3.63, 3.8) is 0 Å². The van der Waals surface area contributed by atoms with Gasteiger partial charge in [-0.25, -0.2) is 18.4 Å². The van der Waals surface area contributed by atoms with E-state index in [0.717, 1.165) is 23.1 Å². The summed E-state index contributed by atoms with van der Waals surface area (Å²) in [5.41, 5.74) is -0.784. The highest BCUT2D eigenvalue weighted by molar-refractivity contribution is 5.81. The minimum Gasteiger partial charge on any atom is -0.485 e. The molecule has 6 nitrogen and oxygen atoms in total. The van der Waals surface area contributed by atoms with Crippen LogP contribution >= 0.6 is 0 Å². The van der Waals surface area contributed by atoms with Crippen LogP contribution in [0.4, 0.5) is 13.6 Å². The highest BCUT2D eigenvalue weighted by Gasteiger charge is 2.42. The molecule has 0 radical (unpaired) electrons. The normalized spacial score (nSPS) is 20.8. The van der Waals surface area contributed by atoms with Gasteiger partial charge in [0.15, 0.2) is 11.6 Å². The fraction of sp³-hybridized carbons (Fsp3) is 0.500. The Morgan fingerprint density at radius 1 is 1.29 bits per heavy atom. The molecule has 1 saturated heterocycles. The van der Waals surface area contributed by atoms with Gasteiger partial charge in [-0.1, -0.05) is 0 Å². The second-order valence-electron chi connectivity index (χ2n) is 6.54. The van der Waals surface area contributed by atoms with Crippen molar-refractivity contribution in [2.75, 3.05) is 6.54 Å². The lowest BCUT2D eigenvalue weighted by atomic mass is 10.2. The van der Waals surface area contributed by atoms with E-state index in [1.54, 1.807) is 20.8 Å². The van der Waals surface area contributed by atoms with Gasteiger partial charge in [0.25, 0.3) is 0 Å². The molecule has 0 spiro atoms. The van der Waals surface area contributed by atoms with Crippen LogP contribution in [-0.4, -0.2) is 46.4 Å². The number of benzene rings is 1. The van der Waals surface area contributed by atoms with Crippen LogP contribution in [0, 0.1) is 11.6 Å². The van der Waals surface area contributed by atoms with Crippen LogP contribution in [0.5, 0.6) is 5.75 Å². The average molecular weight is 343 g/mol. The highest BCUT2D eigenvalue weighted by Crippen LogP contribution is 2.27. The Labute approximate surface area is 138 Å². The number of nitrogens with zero attached hydrogens (tertiary/aromatic N) is 1. The standard InChI is InChI=1S/C16H19F2NO5/c1-16(2,3)24-15(22)19-8-10(7-12(19)14(20)21)23-13-6-9(17)4-5-11(13)18/h4-6,10,12H,7-8H2,1-3H3,(H,20,21)/t10-,12+/m1/s1. The van der Waals surface area contributed by atoms with Crippen LogP contribution in [0.25, 0.3) is 0 Å². The third-order valence-electron chi connectivity index (χ3n) is 3.36. The molecular formula is C16H19F2NO5. The third-order valence-corrected chi connectivity index (χ3v) is 3.36. The predicted molar refractivity (Wildman–Crippen MR) is 79.8 cm³/mol. The molecule has 24 heavy (non-hydrogen) atoms. The van der Waals surface area contributed by atoms with Crippen LogP contribution in [-0.2, 0) is 9.53 Å². The summed E-state index contributed by atoms with van der Waals surface area (Å²) in [5, 5.41) is 9.27. The van der Waals surface area contributed by atoms with E-state index in [1.165, 1.54) is 0 Å². The molecule has 0 saturated carbocycles. The van der Waals surface area contributed by atoms with Crippen molar-refractivity contribution in [1.29, 1.82) is 0 Å². The Kier molecular flexibility index (Phi) is 4.96. The molecule has 0 aliphatic carbocycles. The zero-order valence-electron chi connectivity index (χ0n) is 13.6. The lowest BCUT2D eigenvalue weighted by molar-refractivity contribution is -0.142. The summed E-state index contributed by atoms with van der Waals surface area (Å²) in [6, 6.07) is 1.59. The number of carboxylic acids is 1. The van der Waals surface area contributed by atoms with E-state index in [1.807, 2.05) is 0 Å². The molecule has 1 fully saturated rings. The van der Waals surface area contributed by atoms with Crippen molar-refractivity contribution < 1.29 is 33.0 Å². The fourth-order valence-electron chi connectivity index (χ4n) is 2.39. The Morgan fingerprint density at radius 3 is 2.54 bits per heavy atom. The van der Waals surface area contributed by atoms with Gasteiger partial charge in [-0.05, 0) is 32.9 Å². The monoisotopic (exact) mass is 343 g/mol. The first-order valence-corrected chi connectivity index (χ1v) is 7.41. The molecule has 1 amide bonds. The minimum atomic E-state index is -1.22. The number of carbonyl (C=O) groups is 2. The largest absolute Gasteiger partial charge is 0.485 e. The summed E-state index contributed by atoms with van der Waals surface area (Å²) in [7, 11) is 0. The molecule has 0 aromatic heterocycles. The van der Waals surface area contributed by atoms with Crippen molar-refractivity contribution in [2.45, 2.75) is 44.9 Å². The number of ether oxygens (including phenoxy) is 2. The van der Waals surface area contributed by atoms with Crippen molar-refractivity contribution in [3.8, 4) is 5.75 Å². The van der Waals surface area contributed by atoms with E-state index in [-0.39, 0.29) is 18.7 Å². The number of rotatable bonds is 3. The van der Waals surface area contributed by atoms with Crippen molar-refractivity contribution in [2.24, 2.45) is 0 Å². The molecule has 1 heterocycles. The third kappa shape index (κ3) is 4.33. The molecule has 2 rings (SSSR count). The van der Waals surface area contributed by atoms with E-state index in [4.69, 9.17) is 9.47 Å². The maximum absolute atomic E-state index is 13.6. The van der Waals surface area contributed by atoms with Gasteiger partial charge >= 0.3 is 12.1 Å². The molecule has 1 aromatic carbocycles. The summed E-state index contributed by atoms with van der Waals surface area (Å²) in [4.78, 5) is 24.5. The first-order valence-electron chi connectivity index (χ1n) is 7.41. The molecule has 132 valence electrons. The molecule has 2 atom stereocenters. The van der Waals surface area contributed by atoms with Crippen molar-refractivity contribution in [3.05, 3.63) is 29.8 Å². The molecule has 0 unspecified atom stereocenters. The number of carbonyl (C=O) groups excluding carboxylic acids is 1. The molecule has 8 heteroatoms. The number of likely N-dealkylation sites (tertiary alicyclic amines) is 1. The predicted octanol–water partition coefficient (Wildman–Crippen LogP) is 2.81. The van der Waals surface area contributed by atoms with Crippen molar-refractivity contribution in [1.82, 2.24) is 4.90 Å². The summed E-state index contributed by atoms with van der Waals surface area (Å²) in [5.74, 6) is -2.98. The SMILES string of the molecule is CC(C)(C)OC(=O)N1C[C@H](Oc2cc(F)ccc2F)C[C@H]1C(=O)O. The Balaban J connectivity index is 2.13. The highest BCUT2D eigenvalue weighted by atomic mass is 19.1.